The average Bonchev–Trinajstić information content (AvgIpc) is 3.21. The number of hydrogen-bond donors (Lipinski definition) is 0. The molecule has 1 unspecified atom stereocenters. The van der Waals surface area contributed by atoms with E-state index in [-0.39, 0.29) is 23.7 Å². The lowest BCUT2D eigenvalue weighted by atomic mass is 9.96. The van der Waals surface area contributed by atoms with E-state index in [4.69, 9.17) is 0 Å². The fourth-order valence-corrected chi connectivity index (χ4v) is 4.52. The van der Waals surface area contributed by atoms with Gasteiger partial charge in [0.05, 0.1) is 10.5 Å². The van der Waals surface area contributed by atoms with Gasteiger partial charge in [-0.1, -0.05) is 0 Å². The van der Waals surface area contributed by atoms with Crippen LogP contribution in [0.2, 0.25) is 0 Å². The van der Waals surface area contributed by atoms with Gasteiger partial charge in [0.15, 0.2) is 5.65 Å². The zero-order chi connectivity index (χ0) is 24.0. The molecule has 0 saturated carbocycles. The smallest absolute Gasteiger partial charge is 0.338 e. The van der Waals surface area contributed by atoms with Crippen LogP contribution in [-0.2, 0) is 16.0 Å². The fraction of sp³-hybridized carbons (Fsp3) is 0.350. The molecule has 1 amide bonds. The lowest BCUT2D eigenvalue weighted by Crippen LogP contribution is -2.39. The minimum atomic E-state index is -4.77. The van der Waals surface area contributed by atoms with Gasteiger partial charge >= 0.3 is 11.9 Å². The van der Waals surface area contributed by atoms with Crippen molar-refractivity contribution in [3.05, 3.63) is 59.5 Å². The van der Waals surface area contributed by atoms with Crippen LogP contribution in [0, 0.1) is 0 Å². The number of nitrogens with zero attached hydrogens (tertiary/aromatic N) is 4. The summed E-state index contributed by atoms with van der Waals surface area (Å²) in [4.78, 5) is 13.8. The number of fused-ring (bicyclic) bond motifs is 1. The highest BCUT2D eigenvalue weighted by atomic mass is 32.2. The number of hydrogen-bond acceptors (Lipinski definition) is 5. The summed E-state index contributed by atoms with van der Waals surface area (Å²) in [5.41, 5.74) is -0.495. The van der Waals surface area contributed by atoms with Crippen LogP contribution in [0.25, 0.3) is 5.65 Å². The lowest BCUT2D eigenvalue weighted by molar-refractivity contribution is -0.137. The third-order valence-electron chi connectivity index (χ3n) is 5.49. The predicted molar refractivity (Wildman–Crippen MR) is 105 cm³/mol. The SMILES string of the molecule is O=C(c1ccc(S(=O)(=O)C(F)F)cc1)N1CCCC(c2nnc3ccc(C(F)(F)F)cn23)C1. The summed E-state index contributed by atoms with van der Waals surface area (Å²) in [5.74, 6) is -4.10. The van der Waals surface area contributed by atoms with Crippen molar-refractivity contribution >= 4 is 21.4 Å². The Bertz CT molecular complexity index is 1290. The summed E-state index contributed by atoms with van der Waals surface area (Å²) in [6, 6.07) is 6.34. The molecule has 1 atom stereocenters. The molecule has 1 aliphatic rings. The van der Waals surface area contributed by atoms with Crippen molar-refractivity contribution in [3.63, 3.8) is 0 Å². The van der Waals surface area contributed by atoms with Gasteiger partial charge in [-0.25, -0.2) is 8.42 Å². The average molecular weight is 488 g/mol. The molecule has 0 N–H and O–H groups in total. The maximum atomic E-state index is 13.1. The monoisotopic (exact) mass is 488 g/mol. The van der Waals surface area contributed by atoms with E-state index in [1.807, 2.05) is 0 Å². The Kier molecular flexibility index (Phi) is 5.85. The number of aromatic nitrogens is 3. The fourth-order valence-electron chi connectivity index (χ4n) is 3.80. The summed E-state index contributed by atoms with van der Waals surface area (Å²) in [5, 5.41) is 7.95. The highest BCUT2D eigenvalue weighted by Crippen LogP contribution is 2.32. The molecule has 0 aliphatic carbocycles. The van der Waals surface area contributed by atoms with Gasteiger partial charge < -0.3 is 4.90 Å². The molecule has 0 spiro atoms. The number of carbonyl (C=O) groups excluding carboxylic acids is 1. The van der Waals surface area contributed by atoms with Gasteiger partial charge in [-0.15, -0.1) is 10.2 Å². The number of sulfone groups is 1. The Morgan fingerprint density at radius 3 is 2.39 bits per heavy atom. The van der Waals surface area contributed by atoms with Crippen LogP contribution in [-0.4, -0.2) is 52.7 Å². The first-order valence-corrected chi connectivity index (χ1v) is 11.4. The van der Waals surface area contributed by atoms with Crippen molar-refractivity contribution in [1.29, 1.82) is 0 Å². The van der Waals surface area contributed by atoms with Gasteiger partial charge in [-0.3, -0.25) is 9.20 Å². The molecule has 1 aliphatic heterocycles. The standard InChI is InChI=1S/C20H17F5N4O3S/c21-19(22)33(31,32)15-6-3-12(4-7-15)18(30)28-9-1-2-13(10-28)17-27-26-16-8-5-14(11-29(16)17)20(23,24)25/h3-8,11,13,19H,1-2,9-10H2. The van der Waals surface area contributed by atoms with Crippen LogP contribution in [0.4, 0.5) is 22.0 Å². The highest BCUT2D eigenvalue weighted by molar-refractivity contribution is 7.91. The molecular weight excluding hydrogens is 471 g/mol. The van der Waals surface area contributed by atoms with E-state index < -0.39 is 38.1 Å². The number of piperidine rings is 1. The van der Waals surface area contributed by atoms with Crippen molar-refractivity contribution in [3.8, 4) is 0 Å². The Morgan fingerprint density at radius 2 is 1.76 bits per heavy atom. The predicted octanol–water partition coefficient (Wildman–Crippen LogP) is 3.76. The molecule has 7 nitrogen and oxygen atoms in total. The third-order valence-corrected chi connectivity index (χ3v) is 6.89. The molecule has 1 fully saturated rings. The quantitative estimate of drug-likeness (QED) is 0.522. The number of rotatable bonds is 4. The zero-order valence-electron chi connectivity index (χ0n) is 16.8. The number of pyridine rings is 1. The molecule has 3 aromatic rings. The van der Waals surface area contributed by atoms with Crippen LogP contribution in [0.5, 0.6) is 0 Å². The molecule has 3 heterocycles. The van der Waals surface area contributed by atoms with Gasteiger partial charge in [-0.2, -0.15) is 22.0 Å². The number of halogens is 5. The van der Waals surface area contributed by atoms with Gasteiger partial charge in [0.1, 0.15) is 5.82 Å². The minimum Gasteiger partial charge on any atom is -0.338 e. The normalized spacial score (nSPS) is 17.6. The Labute approximate surface area is 184 Å². The lowest BCUT2D eigenvalue weighted by Gasteiger charge is -2.32. The van der Waals surface area contributed by atoms with E-state index in [9.17, 15) is 35.2 Å². The number of carbonyl (C=O) groups is 1. The summed E-state index contributed by atoms with van der Waals surface area (Å²) >= 11 is 0. The molecule has 2 aromatic heterocycles. The summed E-state index contributed by atoms with van der Waals surface area (Å²) in [6.45, 7) is 0.532. The number of likely N-dealkylation sites (tertiary alicyclic amines) is 1. The van der Waals surface area contributed by atoms with Gasteiger partial charge in [0.2, 0.25) is 9.84 Å². The number of benzene rings is 1. The van der Waals surface area contributed by atoms with Gasteiger partial charge in [-0.05, 0) is 49.2 Å². The van der Waals surface area contributed by atoms with E-state index >= 15 is 0 Å². The van der Waals surface area contributed by atoms with Crippen LogP contribution in [0.1, 0.15) is 40.5 Å². The summed E-state index contributed by atoms with van der Waals surface area (Å²) < 4.78 is 89.1. The van der Waals surface area contributed by atoms with Crippen molar-refractivity contribution in [2.75, 3.05) is 13.1 Å². The maximum Gasteiger partial charge on any atom is 0.417 e. The Balaban J connectivity index is 1.56. The Morgan fingerprint density at radius 1 is 1.06 bits per heavy atom. The molecule has 13 heteroatoms. The van der Waals surface area contributed by atoms with E-state index in [2.05, 4.69) is 10.2 Å². The molecule has 4 rings (SSSR count). The topological polar surface area (TPSA) is 84.6 Å². The van der Waals surface area contributed by atoms with Crippen molar-refractivity contribution < 1.29 is 35.2 Å². The second kappa shape index (κ2) is 8.36. The molecule has 1 aromatic carbocycles. The first kappa shape index (κ1) is 23.1. The largest absolute Gasteiger partial charge is 0.417 e. The minimum absolute atomic E-state index is 0.106. The molecule has 176 valence electrons. The van der Waals surface area contributed by atoms with Gasteiger partial charge in [0, 0.05) is 30.8 Å². The molecule has 33 heavy (non-hydrogen) atoms. The van der Waals surface area contributed by atoms with Gasteiger partial charge in [0.25, 0.3) is 5.91 Å². The van der Waals surface area contributed by atoms with Crippen molar-refractivity contribution in [2.24, 2.45) is 0 Å². The van der Waals surface area contributed by atoms with Crippen LogP contribution < -0.4 is 0 Å². The van der Waals surface area contributed by atoms with Crippen molar-refractivity contribution in [2.45, 2.75) is 35.6 Å². The summed E-state index contributed by atoms with van der Waals surface area (Å²) in [6.07, 6.45) is -2.48. The Hall–Kier alpha value is -3.09. The second-order valence-electron chi connectivity index (χ2n) is 7.62. The second-order valence-corrected chi connectivity index (χ2v) is 9.54. The van der Waals surface area contributed by atoms with E-state index in [0.29, 0.717) is 25.2 Å². The van der Waals surface area contributed by atoms with E-state index in [1.165, 1.54) is 15.4 Å². The van der Waals surface area contributed by atoms with Crippen LogP contribution >= 0.6 is 0 Å². The van der Waals surface area contributed by atoms with E-state index in [1.54, 1.807) is 0 Å². The van der Waals surface area contributed by atoms with Crippen LogP contribution in [0.15, 0.2) is 47.5 Å². The number of alkyl halides is 5. The molecule has 0 radical (unpaired) electrons. The third kappa shape index (κ3) is 4.41. The first-order chi connectivity index (χ1) is 15.5. The first-order valence-electron chi connectivity index (χ1n) is 9.82. The van der Waals surface area contributed by atoms with Crippen LogP contribution in [0.3, 0.4) is 0 Å². The molecule has 1 saturated heterocycles. The molecule has 0 bridgehead atoms. The molecular formula is C20H17F5N4O3S. The highest BCUT2D eigenvalue weighted by Gasteiger charge is 2.33. The number of amides is 1. The maximum absolute atomic E-state index is 13.1. The van der Waals surface area contributed by atoms with E-state index in [0.717, 1.165) is 36.5 Å². The zero-order valence-corrected chi connectivity index (χ0v) is 17.7. The summed E-state index contributed by atoms with van der Waals surface area (Å²) in [7, 11) is -4.77. The van der Waals surface area contributed by atoms with Crippen molar-refractivity contribution in [1.82, 2.24) is 19.5 Å².